The first-order valence-corrected chi connectivity index (χ1v) is 21.5. The number of ether oxygens (including phenoxy) is 6. The number of esters is 1. The van der Waals surface area contributed by atoms with E-state index in [9.17, 15) is 29.4 Å². The molecular weight excluding hydrogens is 815 g/mol. The average molecular weight is 870 g/mol. The van der Waals surface area contributed by atoms with E-state index in [2.05, 4.69) is 10.6 Å². The Morgan fingerprint density at radius 3 is 2.48 bits per heavy atom. The van der Waals surface area contributed by atoms with Crippen LogP contribution in [0.15, 0.2) is 51.4 Å². The summed E-state index contributed by atoms with van der Waals surface area (Å²) in [5.74, 6) is -5.36. The Morgan fingerprint density at radius 2 is 1.76 bits per heavy atom. The number of nitrogens with zero attached hydrogens (tertiary/aromatic N) is 1. The normalized spacial score (nSPS) is 33.2. The summed E-state index contributed by atoms with van der Waals surface area (Å²) < 4.78 is 43.4. The molecule has 7 bridgehead atoms. The molecule has 6 heterocycles. The smallest absolute Gasteiger partial charge is 0.312 e. The summed E-state index contributed by atoms with van der Waals surface area (Å²) in [6.45, 7) is 13.0. The number of methoxy groups -OCH3 is 1. The van der Waals surface area contributed by atoms with Crippen LogP contribution in [-0.4, -0.2) is 102 Å². The Kier molecular flexibility index (Phi) is 12.1. The summed E-state index contributed by atoms with van der Waals surface area (Å²) in [7, 11) is 1.46. The fourth-order valence-corrected chi connectivity index (χ4v) is 9.42. The van der Waals surface area contributed by atoms with Gasteiger partial charge in [-0.3, -0.25) is 19.2 Å². The van der Waals surface area contributed by atoms with Crippen LogP contribution in [-0.2, 0) is 39.7 Å². The Morgan fingerprint density at radius 1 is 1.02 bits per heavy atom. The average Bonchev–Trinajstić information content (AvgIpc) is 3.70. The van der Waals surface area contributed by atoms with Crippen LogP contribution < -0.4 is 20.8 Å². The molecule has 1 aromatic carbocycles. The topological polar surface area (TPSA) is 214 Å². The molecule has 6 aliphatic heterocycles. The summed E-state index contributed by atoms with van der Waals surface area (Å²) in [6.07, 6.45) is 9.08. The lowest BCUT2D eigenvalue weighted by Crippen LogP contribution is -2.46. The number of benzene rings is 2. The number of nitrogens with one attached hydrogen (secondary N) is 2. The molecule has 2 aliphatic carbocycles. The number of phenolic OH excluding ortho intramolecular Hbond substituents is 1. The van der Waals surface area contributed by atoms with Crippen LogP contribution in [0.2, 0.25) is 0 Å². The van der Waals surface area contributed by atoms with E-state index in [1.807, 2.05) is 26.0 Å². The van der Waals surface area contributed by atoms with Crippen LogP contribution >= 0.6 is 0 Å². The number of hydrogen-bond donors (Lipinski definition) is 4. The molecule has 10 atom stereocenters. The Bertz CT molecular complexity index is 2480. The highest BCUT2D eigenvalue weighted by Gasteiger charge is 2.51. The van der Waals surface area contributed by atoms with Gasteiger partial charge in [-0.25, -0.2) is 4.98 Å². The first-order valence-electron chi connectivity index (χ1n) is 21.5. The van der Waals surface area contributed by atoms with Crippen LogP contribution in [0.25, 0.3) is 28.3 Å². The van der Waals surface area contributed by atoms with Crippen molar-refractivity contribution in [3.8, 4) is 23.0 Å². The summed E-state index contributed by atoms with van der Waals surface area (Å²) in [5, 5.41) is 29.1. The van der Waals surface area contributed by atoms with E-state index >= 15 is 0 Å². The lowest BCUT2D eigenvalue weighted by atomic mass is 9.86. The summed E-state index contributed by atoms with van der Waals surface area (Å²) >= 11 is 0. The number of Topliss-reactive ketones (excluding diaryl/α,β-unsaturated/α-hetero) is 1. The molecule has 1 amide bonds. The minimum absolute atomic E-state index is 0.0271. The van der Waals surface area contributed by atoms with Gasteiger partial charge in [-0.15, -0.1) is 0 Å². The van der Waals surface area contributed by atoms with E-state index in [1.54, 1.807) is 32.1 Å². The van der Waals surface area contributed by atoms with Crippen molar-refractivity contribution >= 4 is 40.2 Å². The highest BCUT2D eigenvalue weighted by atomic mass is 16.7. The minimum Gasteiger partial charge on any atom is -0.507 e. The number of aromatic hydroxyl groups is 1. The molecule has 2 fully saturated rings. The molecule has 16 heteroatoms. The maximum Gasteiger partial charge on any atom is 0.312 e. The van der Waals surface area contributed by atoms with Crippen molar-refractivity contribution in [3.63, 3.8) is 0 Å². The molecule has 63 heavy (non-hydrogen) atoms. The first-order chi connectivity index (χ1) is 30.0. The third-order valence-electron chi connectivity index (χ3n) is 13.1. The molecule has 0 spiro atoms. The zero-order valence-electron chi connectivity index (χ0n) is 36.7. The molecular formula is C47H55N3O13. The number of rotatable bonds is 4. The van der Waals surface area contributed by atoms with Crippen molar-refractivity contribution in [2.75, 3.05) is 25.5 Å². The third-order valence-corrected chi connectivity index (χ3v) is 13.1. The second-order valence-electron chi connectivity index (χ2n) is 17.4. The van der Waals surface area contributed by atoms with Crippen molar-refractivity contribution < 1.29 is 57.4 Å². The van der Waals surface area contributed by atoms with Crippen molar-refractivity contribution in [2.24, 2.45) is 17.8 Å². The van der Waals surface area contributed by atoms with Crippen LogP contribution in [0.1, 0.15) is 81.8 Å². The van der Waals surface area contributed by atoms with E-state index < -0.39 is 71.1 Å². The molecule has 2 saturated heterocycles. The number of ketones is 1. The van der Waals surface area contributed by atoms with E-state index in [4.69, 9.17) is 37.8 Å². The fraction of sp³-hybridized carbons (Fsp3) is 0.511. The molecule has 16 nitrogen and oxygen atoms in total. The van der Waals surface area contributed by atoms with Crippen LogP contribution in [0.4, 0.5) is 5.69 Å². The number of piperidine rings is 1. The van der Waals surface area contributed by atoms with E-state index in [0.717, 1.165) is 25.9 Å². The number of aliphatic hydroxyl groups is 1. The Balaban J connectivity index is 1.28. The van der Waals surface area contributed by atoms with Crippen LogP contribution in [0.3, 0.4) is 0 Å². The number of amides is 1. The van der Waals surface area contributed by atoms with Gasteiger partial charge < -0.3 is 53.7 Å². The Hall–Kier alpha value is -5.39. The van der Waals surface area contributed by atoms with Crippen molar-refractivity contribution in [1.29, 1.82) is 0 Å². The monoisotopic (exact) mass is 869 g/mol. The van der Waals surface area contributed by atoms with Gasteiger partial charge in [0.15, 0.2) is 5.76 Å². The second-order valence-corrected chi connectivity index (χ2v) is 17.4. The lowest BCUT2D eigenvalue weighted by molar-refractivity contribution is -0.168. The zero-order valence-corrected chi connectivity index (χ0v) is 36.7. The largest absolute Gasteiger partial charge is 0.507 e. The van der Waals surface area contributed by atoms with E-state index in [1.165, 1.54) is 40.2 Å². The fourth-order valence-electron chi connectivity index (χ4n) is 9.42. The van der Waals surface area contributed by atoms with Crippen molar-refractivity contribution in [1.82, 2.24) is 10.3 Å². The molecule has 8 aliphatic rings. The number of aromatic nitrogens is 1. The maximum atomic E-state index is 14.8. The minimum atomic E-state index is -2.01. The van der Waals surface area contributed by atoms with Crippen molar-refractivity contribution in [3.05, 3.63) is 75.0 Å². The second kappa shape index (κ2) is 17.3. The van der Waals surface area contributed by atoms with Gasteiger partial charge in [0, 0.05) is 61.7 Å². The maximum absolute atomic E-state index is 14.8. The number of carbonyl (C=O) groups is 3. The SMILES string of the molecule is CO[C@H]1/C=C/O[C@@]2(C)Oc3c(C)c(O)c4c(=O)c(c5oc6c(nc-5c4c3C2=O)C=CC(OC2CCNCC2)C6)NC(=O)/C(C)=C\C=C\[C@H](C)[C@@H]2O[C@H]([C@H](O)[C@@H]2C)[C@H](OC(C)=O)[C@@H]1C. The highest BCUT2D eigenvalue weighted by molar-refractivity contribution is 6.22. The van der Waals surface area contributed by atoms with Gasteiger partial charge in [0.25, 0.3) is 11.7 Å². The van der Waals surface area contributed by atoms with Gasteiger partial charge in [-0.05, 0) is 51.9 Å². The number of allylic oxidation sites excluding steroid dienone is 2. The standard InChI is InChI=1S/C47H55N3O13/c1-21-10-9-11-22(2)46(56)50-36-39(54)33-32(35-43(36)61-31-20-28(12-13-29(31)49-35)60-27-14-17-48-18-15-27)34-41(24(4)37(33)52)63-47(7,45(34)55)58-19-16-30(57-8)23(3)42(59-26(6)51)44-38(53)25(5)40(21)62-44/h9-13,16,19,21,23,25,27-28,30,38,40,42,44,48,52-53H,14-15,17-18,20H2,1-8H3,(H,50,56)/b10-9+,19-16+,22-11-/t21-,23+,25-,28?,30-,38+,40-,42+,44+,47-/m0/s1. The van der Waals surface area contributed by atoms with Gasteiger partial charge >= 0.3 is 11.8 Å². The van der Waals surface area contributed by atoms with Gasteiger partial charge in [0.05, 0.1) is 47.7 Å². The molecule has 0 saturated carbocycles. The molecule has 1 aromatic rings. The first kappa shape index (κ1) is 44.2. The quantitative estimate of drug-likeness (QED) is 0.194. The number of phenols is 1. The number of anilines is 1. The summed E-state index contributed by atoms with van der Waals surface area (Å²) in [5.41, 5.74) is -0.374. The predicted octanol–water partition coefficient (Wildman–Crippen LogP) is 5.27. The Labute approximate surface area is 364 Å². The number of fused-ring (bicyclic) bond motifs is 9. The van der Waals surface area contributed by atoms with Crippen LogP contribution in [0, 0.1) is 24.7 Å². The lowest BCUT2D eigenvalue weighted by Gasteiger charge is -2.33. The molecule has 0 aromatic heterocycles. The van der Waals surface area contributed by atoms with Gasteiger partial charge in [-0.2, -0.15) is 0 Å². The van der Waals surface area contributed by atoms with E-state index in [0.29, 0.717) is 17.9 Å². The van der Waals surface area contributed by atoms with Gasteiger partial charge in [-0.1, -0.05) is 45.1 Å². The zero-order chi connectivity index (χ0) is 45.1. The van der Waals surface area contributed by atoms with Gasteiger partial charge in [0.1, 0.15) is 46.5 Å². The highest BCUT2D eigenvalue weighted by Crippen LogP contribution is 2.50. The number of hydrogen-bond acceptors (Lipinski definition) is 15. The molecule has 1 unspecified atom stereocenters. The van der Waals surface area contributed by atoms with Crippen molar-refractivity contribution in [2.45, 2.75) is 116 Å². The summed E-state index contributed by atoms with van der Waals surface area (Å²) in [4.78, 5) is 60.9. The predicted molar refractivity (Wildman–Crippen MR) is 230 cm³/mol. The summed E-state index contributed by atoms with van der Waals surface area (Å²) in [6, 6.07) is 0. The molecule has 4 N–H and O–H groups in total. The van der Waals surface area contributed by atoms with Crippen LogP contribution in [0.5, 0.6) is 11.5 Å². The molecule has 336 valence electrons. The third kappa shape index (κ3) is 7.96. The molecule has 0 radical (unpaired) electrons. The number of aliphatic hydroxyl groups excluding tert-OH is 1. The number of carbonyl (C=O) groups excluding carboxylic acids is 3. The van der Waals surface area contributed by atoms with Gasteiger partial charge in [0.2, 0.25) is 5.43 Å². The molecule has 9 rings (SSSR count). The van der Waals surface area contributed by atoms with E-state index in [-0.39, 0.29) is 74.4 Å².